The standard InChI is InChI=1S/C17H26N2O/c1-17(9-4-12-20-17)14-18-13-15-5-7-16(8-6-15)19-10-2-3-11-19/h5-8,18H,2-4,9-14H2,1H3. The van der Waals surface area contributed by atoms with Crippen LogP contribution in [0.3, 0.4) is 0 Å². The Balaban J connectivity index is 1.48. The van der Waals surface area contributed by atoms with Crippen LogP contribution in [0.2, 0.25) is 0 Å². The second kappa shape index (κ2) is 6.15. The van der Waals surface area contributed by atoms with Crippen molar-refractivity contribution < 1.29 is 4.74 Å². The van der Waals surface area contributed by atoms with Gasteiger partial charge in [-0.2, -0.15) is 0 Å². The topological polar surface area (TPSA) is 24.5 Å². The number of nitrogens with zero attached hydrogens (tertiary/aromatic N) is 1. The second-order valence-corrected chi connectivity index (χ2v) is 6.37. The van der Waals surface area contributed by atoms with Crippen LogP contribution < -0.4 is 10.2 Å². The van der Waals surface area contributed by atoms with Gasteiger partial charge in [0.15, 0.2) is 0 Å². The normalized spacial score (nSPS) is 26.4. The highest BCUT2D eigenvalue weighted by molar-refractivity contribution is 5.48. The quantitative estimate of drug-likeness (QED) is 0.893. The van der Waals surface area contributed by atoms with Gasteiger partial charge in [0.05, 0.1) is 5.60 Å². The third-order valence-corrected chi connectivity index (χ3v) is 4.54. The molecule has 0 spiro atoms. The van der Waals surface area contributed by atoms with Crippen LogP contribution in [0.1, 0.15) is 38.2 Å². The number of hydrogen-bond donors (Lipinski definition) is 1. The highest BCUT2D eigenvalue weighted by atomic mass is 16.5. The van der Waals surface area contributed by atoms with Crippen LogP contribution in [-0.4, -0.2) is 31.8 Å². The zero-order valence-corrected chi connectivity index (χ0v) is 12.5. The minimum absolute atomic E-state index is 0.0511. The smallest absolute Gasteiger partial charge is 0.0779 e. The molecule has 0 bridgehead atoms. The maximum absolute atomic E-state index is 5.80. The molecule has 3 nitrogen and oxygen atoms in total. The molecule has 3 heteroatoms. The maximum atomic E-state index is 5.80. The summed E-state index contributed by atoms with van der Waals surface area (Å²) >= 11 is 0. The molecule has 0 radical (unpaired) electrons. The molecule has 1 atom stereocenters. The van der Waals surface area contributed by atoms with Crippen molar-refractivity contribution in [2.75, 3.05) is 31.1 Å². The third kappa shape index (κ3) is 3.33. The molecular formula is C17H26N2O. The molecule has 2 fully saturated rings. The van der Waals surface area contributed by atoms with Crippen molar-refractivity contribution in [3.8, 4) is 0 Å². The minimum atomic E-state index is 0.0511. The maximum Gasteiger partial charge on any atom is 0.0779 e. The van der Waals surface area contributed by atoms with E-state index >= 15 is 0 Å². The number of anilines is 1. The fraction of sp³-hybridized carbons (Fsp3) is 0.647. The van der Waals surface area contributed by atoms with Crippen molar-refractivity contribution in [3.05, 3.63) is 29.8 Å². The number of benzene rings is 1. The van der Waals surface area contributed by atoms with E-state index in [-0.39, 0.29) is 5.60 Å². The number of hydrogen-bond acceptors (Lipinski definition) is 3. The van der Waals surface area contributed by atoms with Gasteiger partial charge in [-0.15, -0.1) is 0 Å². The van der Waals surface area contributed by atoms with E-state index in [1.807, 2.05) is 0 Å². The molecule has 1 aromatic carbocycles. The molecule has 3 rings (SSSR count). The van der Waals surface area contributed by atoms with Crippen LogP contribution in [0, 0.1) is 0 Å². The second-order valence-electron chi connectivity index (χ2n) is 6.37. The highest BCUT2D eigenvalue weighted by Crippen LogP contribution is 2.24. The lowest BCUT2D eigenvalue weighted by Gasteiger charge is -2.23. The van der Waals surface area contributed by atoms with Crippen molar-refractivity contribution in [2.45, 2.75) is 44.8 Å². The predicted molar refractivity (Wildman–Crippen MR) is 83.2 cm³/mol. The first-order chi connectivity index (χ1) is 9.75. The van der Waals surface area contributed by atoms with E-state index in [2.05, 4.69) is 41.4 Å². The first-order valence-electron chi connectivity index (χ1n) is 7.94. The number of nitrogens with one attached hydrogen (secondary N) is 1. The van der Waals surface area contributed by atoms with Crippen molar-refractivity contribution in [2.24, 2.45) is 0 Å². The molecule has 0 saturated carbocycles. The Labute approximate surface area is 122 Å². The molecule has 0 aromatic heterocycles. The molecule has 0 amide bonds. The fourth-order valence-electron chi connectivity index (χ4n) is 3.25. The van der Waals surface area contributed by atoms with E-state index in [4.69, 9.17) is 4.74 Å². The Morgan fingerprint density at radius 1 is 1.15 bits per heavy atom. The van der Waals surface area contributed by atoms with Gasteiger partial charge in [-0.05, 0) is 50.3 Å². The van der Waals surface area contributed by atoms with Crippen LogP contribution in [0.15, 0.2) is 24.3 Å². The van der Waals surface area contributed by atoms with Gasteiger partial charge < -0.3 is 15.0 Å². The van der Waals surface area contributed by atoms with Gasteiger partial charge in [-0.25, -0.2) is 0 Å². The summed E-state index contributed by atoms with van der Waals surface area (Å²) in [5, 5.41) is 3.53. The average molecular weight is 274 g/mol. The van der Waals surface area contributed by atoms with Gasteiger partial charge in [-0.1, -0.05) is 12.1 Å². The Bertz CT molecular complexity index is 417. The van der Waals surface area contributed by atoms with E-state index < -0.39 is 0 Å². The Morgan fingerprint density at radius 3 is 2.55 bits per heavy atom. The zero-order chi connectivity index (χ0) is 13.8. The first-order valence-corrected chi connectivity index (χ1v) is 7.94. The predicted octanol–water partition coefficient (Wildman–Crippen LogP) is 2.95. The summed E-state index contributed by atoms with van der Waals surface area (Å²) in [6.07, 6.45) is 5.04. The summed E-state index contributed by atoms with van der Waals surface area (Å²) in [6, 6.07) is 9.02. The molecule has 110 valence electrons. The lowest BCUT2D eigenvalue weighted by molar-refractivity contribution is 0.0207. The van der Waals surface area contributed by atoms with Gasteiger partial charge in [0, 0.05) is 38.5 Å². The van der Waals surface area contributed by atoms with Crippen LogP contribution in [-0.2, 0) is 11.3 Å². The summed E-state index contributed by atoms with van der Waals surface area (Å²) in [6.45, 7) is 7.44. The summed E-state index contributed by atoms with van der Waals surface area (Å²) in [5.74, 6) is 0. The average Bonchev–Trinajstić information content (AvgIpc) is 3.11. The van der Waals surface area contributed by atoms with E-state index in [0.29, 0.717) is 0 Å². The monoisotopic (exact) mass is 274 g/mol. The van der Waals surface area contributed by atoms with Crippen molar-refractivity contribution in [3.63, 3.8) is 0 Å². The van der Waals surface area contributed by atoms with E-state index in [0.717, 1.165) is 19.7 Å². The highest BCUT2D eigenvalue weighted by Gasteiger charge is 2.28. The lowest BCUT2D eigenvalue weighted by atomic mass is 10.0. The van der Waals surface area contributed by atoms with E-state index in [1.165, 1.54) is 50.0 Å². The molecule has 2 saturated heterocycles. The van der Waals surface area contributed by atoms with E-state index in [1.54, 1.807) is 0 Å². The molecule has 0 aliphatic carbocycles. The van der Waals surface area contributed by atoms with Crippen LogP contribution in [0.4, 0.5) is 5.69 Å². The van der Waals surface area contributed by atoms with E-state index in [9.17, 15) is 0 Å². The largest absolute Gasteiger partial charge is 0.374 e. The molecule has 2 aliphatic heterocycles. The Kier molecular flexibility index (Phi) is 4.27. The SMILES string of the molecule is CC1(CNCc2ccc(N3CCCC3)cc2)CCCO1. The summed E-state index contributed by atoms with van der Waals surface area (Å²) in [7, 11) is 0. The molecule has 1 aromatic rings. The first kappa shape index (κ1) is 13.9. The van der Waals surface area contributed by atoms with Crippen molar-refractivity contribution >= 4 is 5.69 Å². The summed E-state index contributed by atoms with van der Waals surface area (Å²) in [4.78, 5) is 2.48. The number of rotatable bonds is 5. The summed E-state index contributed by atoms with van der Waals surface area (Å²) in [5.41, 5.74) is 2.78. The molecule has 20 heavy (non-hydrogen) atoms. The van der Waals surface area contributed by atoms with Crippen LogP contribution in [0.5, 0.6) is 0 Å². The molecule has 1 N–H and O–H groups in total. The molecule has 1 unspecified atom stereocenters. The van der Waals surface area contributed by atoms with Crippen molar-refractivity contribution in [1.29, 1.82) is 0 Å². The Morgan fingerprint density at radius 2 is 1.90 bits per heavy atom. The molecular weight excluding hydrogens is 248 g/mol. The third-order valence-electron chi connectivity index (χ3n) is 4.54. The zero-order valence-electron chi connectivity index (χ0n) is 12.5. The lowest BCUT2D eigenvalue weighted by Crippen LogP contribution is -2.36. The van der Waals surface area contributed by atoms with Crippen LogP contribution in [0.25, 0.3) is 0 Å². The van der Waals surface area contributed by atoms with Gasteiger partial charge >= 0.3 is 0 Å². The van der Waals surface area contributed by atoms with Crippen LogP contribution >= 0.6 is 0 Å². The minimum Gasteiger partial charge on any atom is -0.374 e. The van der Waals surface area contributed by atoms with Gasteiger partial charge in [0.2, 0.25) is 0 Å². The Hall–Kier alpha value is -1.06. The fourth-order valence-corrected chi connectivity index (χ4v) is 3.25. The van der Waals surface area contributed by atoms with Gasteiger partial charge in [-0.3, -0.25) is 0 Å². The molecule has 2 heterocycles. The van der Waals surface area contributed by atoms with Gasteiger partial charge in [0.1, 0.15) is 0 Å². The van der Waals surface area contributed by atoms with Gasteiger partial charge in [0.25, 0.3) is 0 Å². The summed E-state index contributed by atoms with van der Waals surface area (Å²) < 4.78 is 5.80. The molecule has 2 aliphatic rings. The van der Waals surface area contributed by atoms with Crippen molar-refractivity contribution in [1.82, 2.24) is 5.32 Å². The number of ether oxygens (including phenoxy) is 1.